The zero-order valence-electron chi connectivity index (χ0n) is 21.6. The fourth-order valence-electron chi connectivity index (χ4n) is 4.20. The number of fused-ring (bicyclic) bond motifs is 1. The maximum absolute atomic E-state index is 13.9. The Morgan fingerprint density at radius 1 is 1.03 bits per heavy atom. The lowest BCUT2D eigenvalue weighted by atomic mass is 9.94. The van der Waals surface area contributed by atoms with E-state index < -0.39 is 40.8 Å². The Kier molecular flexibility index (Phi) is 7.75. The molecule has 1 unspecified atom stereocenters. The maximum atomic E-state index is 13.9. The monoisotopic (exact) mass is 538 g/mol. The van der Waals surface area contributed by atoms with Crippen LogP contribution in [0.5, 0.6) is 11.5 Å². The zero-order chi connectivity index (χ0) is 27.7. The highest BCUT2D eigenvalue weighted by Crippen LogP contribution is 2.36. The summed E-state index contributed by atoms with van der Waals surface area (Å²) >= 11 is 0. The van der Waals surface area contributed by atoms with Gasteiger partial charge in [0.2, 0.25) is 0 Å². The molecule has 1 aliphatic rings. The van der Waals surface area contributed by atoms with Crippen molar-refractivity contribution in [1.82, 2.24) is 0 Å². The number of carbonyl (C=O) groups is 1. The number of carbonyl (C=O) groups excluding carboxylic acids is 1. The summed E-state index contributed by atoms with van der Waals surface area (Å²) in [5.74, 6) is 0.159. The van der Waals surface area contributed by atoms with E-state index in [0.717, 1.165) is 5.56 Å². The van der Waals surface area contributed by atoms with E-state index in [4.69, 9.17) is 13.7 Å². The van der Waals surface area contributed by atoms with E-state index in [1.165, 1.54) is 31.4 Å². The maximum Gasteiger partial charge on any atom is 0.298 e. The molecular formula is C29H30O8S. The van der Waals surface area contributed by atoms with Gasteiger partial charge >= 0.3 is 0 Å². The van der Waals surface area contributed by atoms with Gasteiger partial charge in [-0.15, -0.1) is 0 Å². The van der Waals surface area contributed by atoms with Gasteiger partial charge in [-0.2, -0.15) is 8.42 Å². The predicted molar refractivity (Wildman–Crippen MR) is 142 cm³/mol. The third-order valence-corrected chi connectivity index (χ3v) is 7.57. The minimum absolute atomic E-state index is 0.105. The van der Waals surface area contributed by atoms with Gasteiger partial charge in [0.05, 0.1) is 25.2 Å². The van der Waals surface area contributed by atoms with Crippen LogP contribution >= 0.6 is 0 Å². The molecule has 1 heterocycles. The molecule has 0 saturated heterocycles. The van der Waals surface area contributed by atoms with Crippen LogP contribution in [0.3, 0.4) is 0 Å². The van der Waals surface area contributed by atoms with E-state index in [0.29, 0.717) is 16.9 Å². The highest BCUT2D eigenvalue weighted by Gasteiger charge is 2.32. The number of hydrogen-bond donors (Lipinski definition) is 2. The fraction of sp³-hybridized carbons (Fsp3) is 0.276. The summed E-state index contributed by atoms with van der Waals surface area (Å²) in [5.41, 5.74) is 1.98. The molecule has 0 bridgehead atoms. The molecule has 1 atom stereocenters. The highest BCUT2D eigenvalue weighted by atomic mass is 32.2. The van der Waals surface area contributed by atoms with Crippen molar-refractivity contribution in [2.45, 2.75) is 50.6 Å². The molecule has 0 saturated carbocycles. The summed E-state index contributed by atoms with van der Waals surface area (Å²) in [5, 5.41) is 19.7. The minimum Gasteiger partial charge on any atom is -0.496 e. The molecule has 3 aromatic carbocycles. The van der Waals surface area contributed by atoms with Crippen molar-refractivity contribution >= 4 is 22.0 Å². The van der Waals surface area contributed by atoms with Crippen LogP contribution in [0.2, 0.25) is 0 Å². The largest absolute Gasteiger partial charge is 0.496 e. The van der Waals surface area contributed by atoms with E-state index in [2.05, 4.69) is 0 Å². The first-order valence-electron chi connectivity index (χ1n) is 12.0. The molecule has 3 aromatic rings. The van der Waals surface area contributed by atoms with Crippen LogP contribution in [0.4, 0.5) is 0 Å². The SMILES string of the molecule is COc1cc(C(OS(=O)(=O)c2ccc(C)cc2)C(=O)c2ccc3c(c2)C=CC(C)(C)O3)cc(CO)c1CO. The number of aryl methyl sites for hydroxylation is 1. The van der Waals surface area contributed by atoms with Gasteiger partial charge in [-0.1, -0.05) is 23.8 Å². The van der Waals surface area contributed by atoms with Gasteiger partial charge in [-0.05, 0) is 80.4 Å². The van der Waals surface area contributed by atoms with E-state index in [-0.39, 0.29) is 27.3 Å². The highest BCUT2D eigenvalue weighted by molar-refractivity contribution is 7.86. The molecule has 1 aliphatic heterocycles. The Labute approximate surface area is 222 Å². The third-order valence-electron chi connectivity index (χ3n) is 6.28. The summed E-state index contributed by atoms with van der Waals surface area (Å²) in [6.45, 7) is 4.75. The molecule has 9 heteroatoms. The molecule has 0 radical (unpaired) electrons. The number of Topliss-reactive ketones (excluding diaryl/α,β-unsaturated/α-hetero) is 1. The molecule has 2 N–H and O–H groups in total. The molecule has 38 heavy (non-hydrogen) atoms. The number of rotatable bonds is 9. The second kappa shape index (κ2) is 10.7. The lowest BCUT2D eigenvalue weighted by Gasteiger charge is -2.28. The van der Waals surface area contributed by atoms with Crippen LogP contribution < -0.4 is 9.47 Å². The average molecular weight is 539 g/mol. The molecule has 200 valence electrons. The van der Waals surface area contributed by atoms with Gasteiger partial charge < -0.3 is 19.7 Å². The fourth-order valence-corrected chi connectivity index (χ4v) is 5.24. The Morgan fingerprint density at radius 2 is 1.74 bits per heavy atom. The van der Waals surface area contributed by atoms with E-state index >= 15 is 0 Å². The summed E-state index contributed by atoms with van der Waals surface area (Å²) in [6, 6.07) is 13.8. The first-order valence-corrected chi connectivity index (χ1v) is 13.4. The molecule has 0 spiro atoms. The topological polar surface area (TPSA) is 119 Å². The lowest BCUT2D eigenvalue weighted by molar-refractivity contribution is 0.0800. The number of hydrogen-bond acceptors (Lipinski definition) is 8. The molecule has 0 amide bonds. The van der Waals surface area contributed by atoms with Gasteiger partial charge in [0, 0.05) is 16.7 Å². The number of benzene rings is 3. The summed E-state index contributed by atoms with van der Waals surface area (Å²) in [4.78, 5) is 13.8. The average Bonchev–Trinajstić information content (AvgIpc) is 2.90. The van der Waals surface area contributed by atoms with Crippen molar-refractivity contribution in [2.24, 2.45) is 0 Å². The number of aliphatic hydroxyl groups is 2. The first kappa shape index (κ1) is 27.5. The summed E-state index contributed by atoms with van der Waals surface area (Å²) in [7, 11) is -3.00. The minimum atomic E-state index is -4.38. The van der Waals surface area contributed by atoms with Gasteiger partial charge in [0.1, 0.15) is 17.1 Å². The molecule has 0 fully saturated rings. The molecule has 0 aromatic heterocycles. The van der Waals surface area contributed by atoms with Crippen LogP contribution in [0.1, 0.15) is 58.1 Å². The number of ketones is 1. The van der Waals surface area contributed by atoms with Crippen molar-refractivity contribution in [2.75, 3.05) is 7.11 Å². The number of methoxy groups -OCH3 is 1. The Morgan fingerprint density at radius 3 is 2.37 bits per heavy atom. The van der Waals surface area contributed by atoms with Gasteiger partial charge in [-0.3, -0.25) is 4.79 Å². The van der Waals surface area contributed by atoms with Gasteiger partial charge in [0.15, 0.2) is 11.9 Å². The quantitative estimate of drug-likeness (QED) is 0.302. The van der Waals surface area contributed by atoms with Crippen molar-refractivity contribution in [1.29, 1.82) is 0 Å². The Bertz CT molecular complexity index is 1460. The van der Waals surface area contributed by atoms with Crippen molar-refractivity contribution in [3.05, 3.63) is 94.1 Å². The molecule has 0 aliphatic carbocycles. The van der Waals surface area contributed by atoms with E-state index in [9.17, 15) is 23.4 Å². The van der Waals surface area contributed by atoms with Crippen LogP contribution in [-0.2, 0) is 27.5 Å². The third kappa shape index (κ3) is 5.66. The van der Waals surface area contributed by atoms with Crippen LogP contribution in [0.15, 0.2) is 65.6 Å². The first-order chi connectivity index (χ1) is 18.0. The van der Waals surface area contributed by atoms with E-state index in [1.807, 2.05) is 32.9 Å². The Balaban J connectivity index is 1.82. The van der Waals surface area contributed by atoms with Crippen LogP contribution in [-0.4, -0.2) is 37.1 Å². The van der Waals surface area contributed by atoms with Crippen molar-refractivity contribution < 1.29 is 37.1 Å². The second-order valence-electron chi connectivity index (χ2n) is 9.58. The number of ether oxygens (including phenoxy) is 2. The van der Waals surface area contributed by atoms with Gasteiger partial charge in [0.25, 0.3) is 10.1 Å². The molecular weight excluding hydrogens is 508 g/mol. The molecule has 4 rings (SSSR count). The smallest absolute Gasteiger partial charge is 0.298 e. The van der Waals surface area contributed by atoms with Crippen molar-refractivity contribution in [3.8, 4) is 11.5 Å². The predicted octanol–water partition coefficient (Wildman–Crippen LogP) is 4.50. The normalized spacial score (nSPS) is 14.9. The van der Waals surface area contributed by atoms with Gasteiger partial charge in [-0.25, -0.2) is 4.18 Å². The lowest BCUT2D eigenvalue weighted by Crippen LogP contribution is -2.27. The summed E-state index contributed by atoms with van der Waals surface area (Å²) < 4.78 is 43.4. The molecule has 8 nitrogen and oxygen atoms in total. The van der Waals surface area contributed by atoms with Crippen LogP contribution in [0, 0.1) is 6.92 Å². The summed E-state index contributed by atoms with van der Waals surface area (Å²) in [6.07, 6.45) is 2.11. The van der Waals surface area contributed by atoms with Crippen molar-refractivity contribution in [3.63, 3.8) is 0 Å². The van der Waals surface area contributed by atoms with Crippen LogP contribution in [0.25, 0.3) is 6.08 Å². The zero-order valence-corrected chi connectivity index (χ0v) is 22.4. The van der Waals surface area contributed by atoms with E-state index in [1.54, 1.807) is 30.3 Å². The second-order valence-corrected chi connectivity index (χ2v) is 11.1. The standard InChI is InChI=1S/C29H30O8S/c1-18-5-8-23(9-6-18)38(33,34)37-28(21-14-22(16-30)24(17-31)26(15-21)35-4)27(32)20-7-10-25-19(13-20)11-12-29(2,3)36-25/h5-15,28,30-31H,16-17H2,1-4H3. The number of aliphatic hydroxyl groups excluding tert-OH is 2. The Hall–Kier alpha value is -3.50.